The smallest absolute Gasteiger partial charge is 0.271 e. The second kappa shape index (κ2) is 8.55. The van der Waals surface area contributed by atoms with Gasteiger partial charge in [-0.25, -0.2) is 0 Å². The Bertz CT molecular complexity index is 1190. The van der Waals surface area contributed by atoms with E-state index in [2.05, 4.69) is 10.4 Å². The Morgan fingerprint density at radius 3 is 2.58 bits per heavy atom. The molecule has 4 rings (SSSR count). The molecular weight excluding hydrogens is 440 g/mol. The van der Waals surface area contributed by atoms with Gasteiger partial charge in [0.1, 0.15) is 5.75 Å². The number of nitrogens with one attached hydrogen (secondary N) is 1. The highest BCUT2D eigenvalue weighted by molar-refractivity contribution is 8.15. The van der Waals surface area contributed by atoms with E-state index in [-0.39, 0.29) is 23.5 Å². The van der Waals surface area contributed by atoms with Crippen LogP contribution in [0.25, 0.3) is 0 Å². The van der Waals surface area contributed by atoms with Gasteiger partial charge in [0.15, 0.2) is 5.17 Å². The van der Waals surface area contributed by atoms with Crippen LogP contribution in [0.15, 0.2) is 41.5 Å². The summed E-state index contributed by atoms with van der Waals surface area (Å²) in [7, 11) is 0. The molecule has 0 saturated heterocycles. The summed E-state index contributed by atoms with van der Waals surface area (Å²) in [6.45, 7) is 9.32. The normalized spacial score (nSPS) is 19.1. The number of hydrogen-bond donors (Lipinski definition) is 1. The molecule has 1 spiro atoms. The van der Waals surface area contributed by atoms with Crippen molar-refractivity contribution < 1.29 is 19.1 Å². The lowest BCUT2D eigenvalue weighted by Gasteiger charge is -2.29. The molecule has 3 amide bonds. The molecule has 0 saturated carbocycles. The Morgan fingerprint density at radius 1 is 1.18 bits per heavy atom. The monoisotopic (exact) mass is 466 g/mol. The molecule has 1 atom stereocenters. The summed E-state index contributed by atoms with van der Waals surface area (Å²) in [5.74, 6) is -0.298. The largest absolute Gasteiger partial charge is 0.494 e. The molecule has 2 aliphatic rings. The molecule has 0 aliphatic carbocycles. The van der Waals surface area contributed by atoms with E-state index in [0.29, 0.717) is 17.9 Å². The molecule has 0 fully saturated rings. The number of benzene rings is 2. The Kier molecular flexibility index (Phi) is 5.92. The minimum atomic E-state index is -1.42. The van der Waals surface area contributed by atoms with E-state index in [1.54, 1.807) is 4.90 Å². The topological polar surface area (TPSA) is 91.3 Å². The van der Waals surface area contributed by atoms with E-state index < -0.39 is 10.8 Å². The number of aryl methyl sites for hydroxylation is 2. The van der Waals surface area contributed by atoms with Crippen LogP contribution in [0.5, 0.6) is 5.75 Å². The molecule has 2 heterocycles. The lowest BCUT2D eigenvalue weighted by Crippen LogP contribution is -2.48. The second-order valence-corrected chi connectivity index (χ2v) is 9.25. The zero-order valence-electron chi connectivity index (χ0n) is 19.3. The summed E-state index contributed by atoms with van der Waals surface area (Å²) in [5.41, 5.74) is 4.17. The Hall–Kier alpha value is -3.33. The Balaban J connectivity index is 1.87. The molecule has 1 N–H and O–H groups in total. The lowest BCUT2D eigenvalue weighted by atomic mass is 10.0. The first-order valence-corrected chi connectivity index (χ1v) is 11.5. The number of carbonyl (C=O) groups is 3. The van der Waals surface area contributed by atoms with Crippen molar-refractivity contribution in [3.05, 3.63) is 58.7 Å². The van der Waals surface area contributed by atoms with Crippen LogP contribution < -0.4 is 15.0 Å². The summed E-state index contributed by atoms with van der Waals surface area (Å²) < 4.78 is 5.78. The van der Waals surface area contributed by atoms with Crippen molar-refractivity contribution in [1.29, 1.82) is 0 Å². The molecule has 8 nitrogen and oxygen atoms in total. The molecule has 0 radical (unpaired) electrons. The van der Waals surface area contributed by atoms with Gasteiger partial charge in [0.25, 0.3) is 5.91 Å². The maximum atomic E-state index is 14.2. The van der Waals surface area contributed by atoms with Crippen molar-refractivity contribution in [2.24, 2.45) is 5.10 Å². The summed E-state index contributed by atoms with van der Waals surface area (Å²) in [4.78, 5) is 38.8. The highest BCUT2D eigenvalue weighted by Crippen LogP contribution is 2.56. The fourth-order valence-electron chi connectivity index (χ4n) is 4.39. The van der Waals surface area contributed by atoms with E-state index in [0.717, 1.165) is 34.1 Å². The molecule has 33 heavy (non-hydrogen) atoms. The minimum absolute atomic E-state index is 0.215. The van der Waals surface area contributed by atoms with Gasteiger partial charge in [-0.15, -0.1) is 5.10 Å². The first-order chi connectivity index (χ1) is 15.7. The number of anilines is 1. The number of fused-ring (bicyclic) bond motifs is 2. The number of rotatable bonds is 4. The third-order valence-corrected chi connectivity index (χ3v) is 6.77. The average Bonchev–Trinajstić information content (AvgIpc) is 3.22. The summed E-state index contributed by atoms with van der Waals surface area (Å²) in [6.07, 6.45) is 0. The van der Waals surface area contributed by atoms with Crippen LogP contribution >= 0.6 is 11.8 Å². The van der Waals surface area contributed by atoms with Crippen molar-refractivity contribution in [2.75, 3.05) is 11.5 Å². The second-order valence-electron chi connectivity index (χ2n) is 8.07. The van der Waals surface area contributed by atoms with E-state index >= 15 is 0 Å². The fourth-order valence-corrected chi connectivity index (χ4v) is 5.71. The molecule has 172 valence electrons. The maximum Gasteiger partial charge on any atom is 0.271 e. The zero-order valence-corrected chi connectivity index (χ0v) is 20.1. The van der Waals surface area contributed by atoms with Gasteiger partial charge in [0.05, 0.1) is 18.8 Å². The van der Waals surface area contributed by atoms with E-state index in [4.69, 9.17) is 4.74 Å². The van der Waals surface area contributed by atoms with Gasteiger partial charge in [-0.05, 0) is 44.2 Å². The summed E-state index contributed by atoms with van der Waals surface area (Å²) >= 11 is 1.08. The quantitative estimate of drug-likeness (QED) is 0.746. The molecular formula is C24H26N4O4S. The van der Waals surface area contributed by atoms with E-state index in [1.807, 2.05) is 57.2 Å². The van der Waals surface area contributed by atoms with Crippen molar-refractivity contribution in [3.8, 4) is 5.75 Å². The van der Waals surface area contributed by atoms with Crippen molar-refractivity contribution >= 4 is 40.3 Å². The molecule has 0 bridgehead atoms. The third-order valence-electron chi connectivity index (χ3n) is 5.53. The Morgan fingerprint density at radius 2 is 1.91 bits per heavy atom. The van der Waals surface area contributed by atoms with Gasteiger partial charge >= 0.3 is 0 Å². The third kappa shape index (κ3) is 3.76. The minimum Gasteiger partial charge on any atom is -0.494 e. The molecule has 0 aromatic heterocycles. The van der Waals surface area contributed by atoms with E-state index in [9.17, 15) is 14.4 Å². The first kappa shape index (κ1) is 22.8. The maximum absolute atomic E-state index is 14.2. The van der Waals surface area contributed by atoms with Crippen molar-refractivity contribution in [1.82, 2.24) is 10.3 Å². The summed E-state index contributed by atoms with van der Waals surface area (Å²) in [5, 5.41) is 8.36. The van der Waals surface area contributed by atoms with Gasteiger partial charge in [-0.2, -0.15) is 5.01 Å². The zero-order chi connectivity index (χ0) is 23.9. The number of carbonyl (C=O) groups excluding carboxylic acids is 3. The van der Waals surface area contributed by atoms with Gasteiger partial charge in [0.2, 0.25) is 16.7 Å². The molecule has 0 unspecified atom stereocenters. The van der Waals surface area contributed by atoms with Crippen LogP contribution in [0.1, 0.15) is 43.0 Å². The van der Waals surface area contributed by atoms with Crippen molar-refractivity contribution in [2.45, 2.75) is 46.0 Å². The number of hydrazone groups is 1. The number of nitrogens with zero attached hydrogens (tertiary/aromatic N) is 3. The Labute approximate surface area is 197 Å². The van der Waals surface area contributed by atoms with Gasteiger partial charge in [-0.1, -0.05) is 35.9 Å². The van der Waals surface area contributed by atoms with Crippen molar-refractivity contribution in [3.63, 3.8) is 0 Å². The molecule has 2 aliphatic heterocycles. The lowest BCUT2D eigenvalue weighted by molar-refractivity contribution is -0.139. The van der Waals surface area contributed by atoms with Crippen LogP contribution in [0.3, 0.4) is 0 Å². The molecule has 9 heteroatoms. The van der Waals surface area contributed by atoms with Crippen LogP contribution in [0.4, 0.5) is 5.69 Å². The standard InChI is InChI=1S/C24H26N4O4S/c1-6-32-20-10-8-7-9-18(20)13-27-21-15(3)11-14(2)12-19(21)24(22(27)31)28(17(5)30)26-23(33-24)25-16(4)29/h7-12H,6,13H2,1-5H3,(H,25,26,29)/t24-/m0/s1. The summed E-state index contributed by atoms with van der Waals surface area (Å²) in [6, 6.07) is 11.5. The van der Waals surface area contributed by atoms with Gasteiger partial charge in [-0.3, -0.25) is 14.4 Å². The number of hydrogen-bond acceptors (Lipinski definition) is 6. The van der Waals surface area contributed by atoms with Gasteiger partial charge < -0.3 is 15.0 Å². The first-order valence-electron chi connectivity index (χ1n) is 10.7. The van der Waals surface area contributed by atoms with Crippen LogP contribution in [-0.4, -0.2) is 34.5 Å². The highest BCUT2D eigenvalue weighted by atomic mass is 32.2. The average molecular weight is 467 g/mol. The predicted octanol–water partition coefficient (Wildman–Crippen LogP) is 3.40. The number of para-hydroxylation sites is 1. The van der Waals surface area contributed by atoms with Gasteiger partial charge in [0, 0.05) is 25.0 Å². The number of amidine groups is 1. The van der Waals surface area contributed by atoms with Crippen LogP contribution in [0.2, 0.25) is 0 Å². The van der Waals surface area contributed by atoms with Crippen LogP contribution in [-0.2, 0) is 25.8 Å². The van der Waals surface area contributed by atoms with Crippen LogP contribution in [0, 0.1) is 13.8 Å². The molecule has 2 aromatic rings. The van der Waals surface area contributed by atoms with E-state index in [1.165, 1.54) is 18.9 Å². The molecule has 2 aromatic carbocycles. The number of ether oxygens (including phenoxy) is 1. The highest BCUT2D eigenvalue weighted by Gasteiger charge is 2.61. The number of amides is 3. The predicted molar refractivity (Wildman–Crippen MR) is 128 cm³/mol. The fraction of sp³-hybridized carbons (Fsp3) is 0.333. The SMILES string of the molecule is CCOc1ccccc1CN1C(=O)[C@@]2(SC(NC(C)=O)=NN2C(C)=O)c2cc(C)cc(C)c21. The number of thioether (sulfide) groups is 1.